The highest BCUT2D eigenvalue weighted by atomic mass is 16.6. The van der Waals surface area contributed by atoms with Crippen molar-refractivity contribution in [2.45, 2.75) is 24.6 Å². The van der Waals surface area contributed by atoms with E-state index in [4.69, 9.17) is 20.1 Å². The lowest BCUT2D eigenvalue weighted by Gasteiger charge is -2.34. The predicted molar refractivity (Wildman–Crippen MR) is 34.8 cm³/mol. The van der Waals surface area contributed by atoms with Gasteiger partial charge in [-0.2, -0.15) is 0 Å². The Kier molecular flexibility index (Phi) is 2.80. The molecular formula is C6H12O5. The number of hydrogen-bond donors (Lipinski definition) is 3. The van der Waals surface area contributed by atoms with Crippen molar-refractivity contribution < 1.29 is 24.8 Å². The first-order chi connectivity index (χ1) is 5.16. The standard InChI is InChI=1S/C6H12O5/c1-10-5-3(7)2-11-6(9)4(5)8/h3-9H,2H2,1H3/t3-,4+,5+,6+/m1/s1. The molecule has 1 aliphatic rings. The van der Waals surface area contributed by atoms with Gasteiger partial charge in [0.1, 0.15) is 18.3 Å². The molecule has 1 rings (SSSR count). The average molecular weight is 164 g/mol. The summed E-state index contributed by atoms with van der Waals surface area (Å²) < 4.78 is 9.36. The van der Waals surface area contributed by atoms with E-state index in [0.717, 1.165) is 0 Å². The van der Waals surface area contributed by atoms with Crippen LogP contribution in [-0.2, 0) is 9.47 Å². The molecule has 0 radical (unpaired) electrons. The second kappa shape index (κ2) is 3.46. The molecule has 3 N–H and O–H groups in total. The first kappa shape index (κ1) is 8.89. The van der Waals surface area contributed by atoms with Gasteiger partial charge in [-0.3, -0.25) is 0 Å². The van der Waals surface area contributed by atoms with Gasteiger partial charge >= 0.3 is 0 Å². The molecule has 0 saturated carbocycles. The van der Waals surface area contributed by atoms with E-state index in [0.29, 0.717) is 0 Å². The fourth-order valence-electron chi connectivity index (χ4n) is 1.08. The van der Waals surface area contributed by atoms with E-state index in [1.54, 1.807) is 0 Å². The van der Waals surface area contributed by atoms with Gasteiger partial charge in [0.2, 0.25) is 0 Å². The summed E-state index contributed by atoms with van der Waals surface area (Å²) in [6, 6.07) is 0. The van der Waals surface area contributed by atoms with Gasteiger partial charge in [0.15, 0.2) is 6.29 Å². The normalized spacial score (nSPS) is 45.8. The molecule has 1 fully saturated rings. The fourth-order valence-corrected chi connectivity index (χ4v) is 1.08. The molecule has 1 saturated heterocycles. The van der Waals surface area contributed by atoms with Crippen LogP contribution in [0.25, 0.3) is 0 Å². The van der Waals surface area contributed by atoms with Gasteiger partial charge in [0.05, 0.1) is 6.61 Å². The zero-order chi connectivity index (χ0) is 8.43. The monoisotopic (exact) mass is 164 g/mol. The molecule has 0 spiro atoms. The van der Waals surface area contributed by atoms with Crippen LogP contribution in [-0.4, -0.2) is 53.6 Å². The van der Waals surface area contributed by atoms with Crippen LogP contribution in [0.2, 0.25) is 0 Å². The third kappa shape index (κ3) is 1.69. The summed E-state index contributed by atoms with van der Waals surface area (Å²) >= 11 is 0. The molecule has 0 aromatic heterocycles. The molecule has 1 heterocycles. The van der Waals surface area contributed by atoms with Crippen molar-refractivity contribution in [2.75, 3.05) is 13.7 Å². The Morgan fingerprint density at radius 3 is 2.45 bits per heavy atom. The van der Waals surface area contributed by atoms with Gasteiger partial charge in [-0.05, 0) is 0 Å². The zero-order valence-electron chi connectivity index (χ0n) is 6.17. The van der Waals surface area contributed by atoms with E-state index in [2.05, 4.69) is 4.74 Å². The second-order valence-corrected chi connectivity index (χ2v) is 2.48. The maximum Gasteiger partial charge on any atom is 0.183 e. The van der Waals surface area contributed by atoms with Crippen LogP contribution in [0, 0.1) is 0 Å². The molecule has 0 bridgehead atoms. The Hall–Kier alpha value is -0.200. The third-order valence-corrected chi connectivity index (χ3v) is 1.72. The van der Waals surface area contributed by atoms with Crippen LogP contribution in [0.4, 0.5) is 0 Å². The van der Waals surface area contributed by atoms with E-state index in [1.807, 2.05) is 0 Å². The third-order valence-electron chi connectivity index (χ3n) is 1.72. The quantitative estimate of drug-likeness (QED) is 0.420. The summed E-state index contributed by atoms with van der Waals surface area (Å²) in [5, 5.41) is 27.2. The van der Waals surface area contributed by atoms with Crippen molar-refractivity contribution in [3.05, 3.63) is 0 Å². The molecule has 0 aromatic carbocycles. The topological polar surface area (TPSA) is 79.2 Å². The van der Waals surface area contributed by atoms with Gasteiger partial charge in [0.25, 0.3) is 0 Å². The summed E-state index contributed by atoms with van der Waals surface area (Å²) in [4.78, 5) is 0. The second-order valence-electron chi connectivity index (χ2n) is 2.48. The Balaban J connectivity index is 2.55. The molecule has 66 valence electrons. The lowest BCUT2D eigenvalue weighted by Crippen LogP contribution is -2.53. The highest BCUT2D eigenvalue weighted by Crippen LogP contribution is 2.15. The van der Waals surface area contributed by atoms with Crippen molar-refractivity contribution in [1.82, 2.24) is 0 Å². The molecule has 5 heteroatoms. The first-order valence-corrected chi connectivity index (χ1v) is 3.35. The Morgan fingerprint density at radius 1 is 1.36 bits per heavy atom. The van der Waals surface area contributed by atoms with Crippen LogP contribution in [0.3, 0.4) is 0 Å². The van der Waals surface area contributed by atoms with E-state index in [1.165, 1.54) is 7.11 Å². The van der Waals surface area contributed by atoms with Crippen molar-refractivity contribution in [1.29, 1.82) is 0 Å². The van der Waals surface area contributed by atoms with Gasteiger partial charge < -0.3 is 24.8 Å². The van der Waals surface area contributed by atoms with E-state index in [-0.39, 0.29) is 6.61 Å². The fraction of sp³-hybridized carbons (Fsp3) is 1.00. The number of aliphatic hydroxyl groups is 3. The van der Waals surface area contributed by atoms with Gasteiger partial charge in [-0.15, -0.1) is 0 Å². The molecule has 0 aliphatic carbocycles. The van der Waals surface area contributed by atoms with Gasteiger partial charge in [-0.25, -0.2) is 0 Å². The lowest BCUT2D eigenvalue weighted by molar-refractivity contribution is -0.257. The average Bonchev–Trinajstić information content (AvgIpc) is 1.99. The minimum atomic E-state index is -1.26. The smallest absolute Gasteiger partial charge is 0.183 e. The van der Waals surface area contributed by atoms with Crippen molar-refractivity contribution in [2.24, 2.45) is 0 Å². The van der Waals surface area contributed by atoms with E-state index in [9.17, 15) is 0 Å². The highest BCUT2D eigenvalue weighted by Gasteiger charge is 2.37. The highest BCUT2D eigenvalue weighted by molar-refractivity contribution is 4.82. The van der Waals surface area contributed by atoms with Crippen LogP contribution in [0.5, 0.6) is 0 Å². The lowest BCUT2D eigenvalue weighted by atomic mass is 10.1. The minimum absolute atomic E-state index is 0.0171. The molecule has 0 aromatic rings. The molecule has 4 atom stereocenters. The van der Waals surface area contributed by atoms with Crippen molar-refractivity contribution >= 4 is 0 Å². The van der Waals surface area contributed by atoms with Gasteiger partial charge in [0, 0.05) is 7.11 Å². The van der Waals surface area contributed by atoms with Crippen LogP contribution < -0.4 is 0 Å². The molecule has 0 amide bonds. The molecule has 5 nitrogen and oxygen atoms in total. The Bertz CT molecular complexity index is 128. The summed E-state index contributed by atoms with van der Waals surface area (Å²) in [5.74, 6) is 0. The first-order valence-electron chi connectivity index (χ1n) is 3.35. The molecule has 11 heavy (non-hydrogen) atoms. The Labute approximate surface area is 64.2 Å². The van der Waals surface area contributed by atoms with Crippen molar-refractivity contribution in [3.63, 3.8) is 0 Å². The summed E-state index contributed by atoms with van der Waals surface area (Å²) in [6.07, 6.45) is -4.08. The van der Waals surface area contributed by atoms with Crippen molar-refractivity contribution in [3.8, 4) is 0 Å². The maximum atomic E-state index is 9.15. The summed E-state index contributed by atoms with van der Waals surface area (Å²) in [5.41, 5.74) is 0. The number of ether oxygens (including phenoxy) is 2. The van der Waals surface area contributed by atoms with Gasteiger partial charge in [-0.1, -0.05) is 0 Å². The molecular weight excluding hydrogens is 152 g/mol. The minimum Gasteiger partial charge on any atom is -0.388 e. The summed E-state index contributed by atoms with van der Waals surface area (Å²) in [6.45, 7) is -0.0171. The zero-order valence-corrected chi connectivity index (χ0v) is 6.17. The maximum absolute atomic E-state index is 9.15. The predicted octanol–water partition coefficient (Wildman–Crippen LogP) is -1.93. The van der Waals surface area contributed by atoms with Crippen LogP contribution in [0.15, 0.2) is 0 Å². The number of rotatable bonds is 1. The Morgan fingerprint density at radius 2 is 2.00 bits per heavy atom. The molecule has 0 unspecified atom stereocenters. The van der Waals surface area contributed by atoms with E-state index < -0.39 is 24.6 Å². The summed E-state index contributed by atoms with van der Waals surface area (Å²) in [7, 11) is 1.36. The SMILES string of the molecule is CO[C@@H]1[C@H](O)[C@@H](O)OC[C@H]1O. The number of methoxy groups -OCH3 is 1. The van der Waals surface area contributed by atoms with Crippen LogP contribution in [0.1, 0.15) is 0 Å². The molecule has 1 aliphatic heterocycles. The number of aliphatic hydroxyl groups excluding tert-OH is 3. The van der Waals surface area contributed by atoms with E-state index >= 15 is 0 Å². The van der Waals surface area contributed by atoms with Crippen LogP contribution >= 0.6 is 0 Å². The largest absolute Gasteiger partial charge is 0.388 e. The number of hydrogen-bond acceptors (Lipinski definition) is 5.